The van der Waals surface area contributed by atoms with Crippen LogP contribution in [0.25, 0.3) is 0 Å². The fourth-order valence-electron chi connectivity index (χ4n) is 1.36. The van der Waals surface area contributed by atoms with Crippen LogP contribution >= 0.6 is 23.5 Å². The molecule has 0 aromatic heterocycles. The van der Waals surface area contributed by atoms with Gasteiger partial charge in [0.15, 0.2) is 0 Å². The smallest absolute Gasteiger partial charge is 0.131 e. The van der Waals surface area contributed by atoms with Gasteiger partial charge in [0.1, 0.15) is 11.6 Å². The standard InChI is InChI=1S/C10H10F2S2/c11-7-2-3-8(9(12)6-7)10-13-4-1-5-14-10/h2-3,6,10H,1,4-5H2. The van der Waals surface area contributed by atoms with Crippen LogP contribution in [0.1, 0.15) is 16.6 Å². The Morgan fingerprint density at radius 3 is 2.50 bits per heavy atom. The molecule has 14 heavy (non-hydrogen) atoms. The first-order chi connectivity index (χ1) is 6.77. The van der Waals surface area contributed by atoms with Gasteiger partial charge in [0.05, 0.1) is 4.58 Å². The molecule has 0 nitrogen and oxygen atoms in total. The van der Waals surface area contributed by atoms with E-state index in [2.05, 4.69) is 0 Å². The van der Waals surface area contributed by atoms with E-state index in [1.54, 1.807) is 29.6 Å². The van der Waals surface area contributed by atoms with Crippen LogP contribution in [0, 0.1) is 11.6 Å². The monoisotopic (exact) mass is 232 g/mol. The summed E-state index contributed by atoms with van der Waals surface area (Å²) in [5, 5.41) is 0. The SMILES string of the molecule is Fc1ccc(C2SCCCS2)c(F)c1. The molecule has 1 heterocycles. The summed E-state index contributed by atoms with van der Waals surface area (Å²) in [4.78, 5) is 0. The highest BCUT2D eigenvalue weighted by Gasteiger charge is 2.19. The molecule has 1 fully saturated rings. The maximum Gasteiger partial charge on any atom is 0.131 e. The second kappa shape index (κ2) is 4.53. The van der Waals surface area contributed by atoms with E-state index < -0.39 is 11.6 Å². The Hall–Kier alpha value is -0.220. The van der Waals surface area contributed by atoms with Crippen LogP contribution in [0.2, 0.25) is 0 Å². The molecule has 1 aliphatic heterocycles. The Balaban J connectivity index is 2.22. The van der Waals surface area contributed by atoms with Crippen LogP contribution in [0.15, 0.2) is 18.2 Å². The molecular weight excluding hydrogens is 222 g/mol. The van der Waals surface area contributed by atoms with Gasteiger partial charge in [-0.3, -0.25) is 0 Å². The zero-order chi connectivity index (χ0) is 9.97. The number of hydrogen-bond acceptors (Lipinski definition) is 2. The van der Waals surface area contributed by atoms with E-state index in [1.807, 2.05) is 0 Å². The summed E-state index contributed by atoms with van der Waals surface area (Å²) in [6.07, 6.45) is 1.18. The average Bonchev–Trinajstić information content (AvgIpc) is 2.19. The van der Waals surface area contributed by atoms with Crippen molar-refractivity contribution in [2.75, 3.05) is 11.5 Å². The third-order valence-corrected chi connectivity index (χ3v) is 5.02. The molecular formula is C10H10F2S2. The molecule has 0 aliphatic carbocycles. The zero-order valence-electron chi connectivity index (χ0n) is 7.50. The van der Waals surface area contributed by atoms with E-state index in [9.17, 15) is 8.78 Å². The molecule has 0 spiro atoms. The first kappa shape index (κ1) is 10.3. The molecule has 0 unspecified atom stereocenters. The molecule has 1 aliphatic rings. The third-order valence-electron chi connectivity index (χ3n) is 2.04. The topological polar surface area (TPSA) is 0 Å². The molecule has 0 amide bonds. The molecule has 1 aromatic rings. The van der Waals surface area contributed by atoms with Gasteiger partial charge in [-0.05, 0) is 24.0 Å². The maximum absolute atomic E-state index is 13.4. The minimum Gasteiger partial charge on any atom is -0.207 e. The van der Waals surface area contributed by atoms with Gasteiger partial charge in [-0.2, -0.15) is 0 Å². The van der Waals surface area contributed by atoms with Crippen molar-refractivity contribution >= 4 is 23.5 Å². The lowest BCUT2D eigenvalue weighted by Gasteiger charge is -2.21. The predicted octanol–water partition coefficient (Wildman–Crippen LogP) is 3.83. The summed E-state index contributed by atoms with van der Waals surface area (Å²) in [6.45, 7) is 0. The predicted molar refractivity (Wildman–Crippen MR) is 58.6 cm³/mol. The molecule has 0 saturated carbocycles. The zero-order valence-corrected chi connectivity index (χ0v) is 9.14. The lowest BCUT2D eigenvalue weighted by atomic mass is 10.2. The summed E-state index contributed by atoms with van der Waals surface area (Å²) in [5.74, 6) is 1.21. The van der Waals surface area contributed by atoms with Crippen LogP contribution in [-0.2, 0) is 0 Å². The summed E-state index contributed by atoms with van der Waals surface area (Å²) in [7, 11) is 0. The van der Waals surface area contributed by atoms with Crippen LogP contribution in [0.5, 0.6) is 0 Å². The van der Waals surface area contributed by atoms with Crippen LogP contribution < -0.4 is 0 Å². The minimum absolute atomic E-state index is 0.143. The first-order valence-electron chi connectivity index (χ1n) is 4.45. The lowest BCUT2D eigenvalue weighted by Crippen LogP contribution is -2.02. The Morgan fingerprint density at radius 2 is 1.86 bits per heavy atom. The Bertz CT molecular complexity index is 322. The van der Waals surface area contributed by atoms with E-state index in [-0.39, 0.29) is 4.58 Å². The van der Waals surface area contributed by atoms with E-state index >= 15 is 0 Å². The van der Waals surface area contributed by atoms with Gasteiger partial charge < -0.3 is 0 Å². The Morgan fingerprint density at radius 1 is 1.14 bits per heavy atom. The van der Waals surface area contributed by atoms with E-state index in [0.717, 1.165) is 17.6 Å². The van der Waals surface area contributed by atoms with Gasteiger partial charge >= 0.3 is 0 Å². The molecule has 0 radical (unpaired) electrons. The highest BCUT2D eigenvalue weighted by Crippen LogP contribution is 2.44. The Labute approximate surface area is 90.5 Å². The summed E-state index contributed by atoms with van der Waals surface area (Å²) < 4.78 is 26.2. The van der Waals surface area contributed by atoms with Crippen molar-refractivity contribution in [3.05, 3.63) is 35.4 Å². The van der Waals surface area contributed by atoms with Gasteiger partial charge in [0.25, 0.3) is 0 Å². The molecule has 0 bridgehead atoms. The molecule has 0 atom stereocenters. The molecule has 0 N–H and O–H groups in total. The molecule has 1 aromatic carbocycles. The van der Waals surface area contributed by atoms with Gasteiger partial charge in [0.2, 0.25) is 0 Å². The second-order valence-electron chi connectivity index (χ2n) is 3.09. The maximum atomic E-state index is 13.4. The number of rotatable bonds is 1. The van der Waals surface area contributed by atoms with Crippen LogP contribution in [0.3, 0.4) is 0 Å². The van der Waals surface area contributed by atoms with Crippen LogP contribution in [0.4, 0.5) is 8.78 Å². The van der Waals surface area contributed by atoms with Crippen molar-refractivity contribution in [2.45, 2.75) is 11.0 Å². The second-order valence-corrected chi connectivity index (χ2v) is 5.82. The van der Waals surface area contributed by atoms with Crippen molar-refractivity contribution in [2.24, 2.45) is 0 Å². The van der Waals surface area contributed by atoms with Gasteiger partial charge in [0, 0.05) is 11.6 Å². The van der Waals surface area contributed by atoms with E-state index in [4.69, 9.17) is 0 Å². The van der Waals surface area contributed by atoms with E-state index in [1.165, 1.54) is 12.5 Å². The summed E-state index contributed by atoms with van der Waals surface area (Å²) >= 11 is 3.47. The highest BCUT2D eigenvalue weighted by molar-refractivity contribution is 8.16. The number of halogens is 2. The quantitative estimate of drug-likeness (QED) is 0.721. The van der Waals surface area contributed by atoms with Crippen molar-refractivity contribution in [1.82, 2.24) is 0 Å². The summed E-state index contributed by atoms with van der Waals surface area (Å²) in [6, 6.07) is 3.85. The number of thioether (sulfide) groups is 2. The first-order valence-corrected chi connectivity index (χ1v) is 6.55. The Kier molecular flexibility index (Phi) is 3.34. The molecule has 76 valence electrons. The molecule has 1 saturated heterocycles. The normalized spacial score (nSPS) is 18.4. The highest BCUT2D eigenvalue weighted by atomic mass is 32.2. The number of hydrogen-bond donors (Lipinski definition) is 0. The van der Waals surface area contributed by atoms with Crippen LogP contribution in [-0.4, -0.2) is 11.5 Å². The van der Waals surface area contributed by atoms with Gasteiger partial charge in [-0.1, -0.05) is 6.07 Å². The minimum atomic E-state index is -0.503. The lowest BCUT2D eigenvalue weighted by molar-refractivity contribution is 0.576. The van der Waals surface area contributed by atoms with Crippen molar-refractivity contribution in [3.8, 4) is 0 Å². The van der Waals surface area contributed by atoms with Crippen molar-refractivity contribution in [1.29, 1.82) is 0 Å². The van der Waals surface area contributed by atoms with Gasteiger partial charge in [-0.15, -0.1) is 23.5 Å². The third kappa shape index (κ3) is 2.23. The average molecular weight is 232 g/mol. The largest absolute Gasteiger partial charge is 0.207 e. The molecule has 2 rings (SSSR count). The fraction of sp³-hybridized carbons (Fsp3) is 0.400. The van der Waals surface area contributed by atoms with Gasteiger partial charge in [-0.25, -0.2) is 8.78 Å². The fourth-order valence-corrected chi connectivity index (χ4v) is 4.30. The van der Waals surface area contributed by atoms with Crippen molar-refractivity contribution < 1.29 is 8.78 Å². The number of benzene rings is 1. The van der Waals surface area contributed by atoms with Crippen molar-refractivity contribution in [3.63, 3.8) is 0 Å². The summed E-state index contributed by atoms with van der Waals surface area (Å²) in [5.41, 5.74) is 0.626. The van der Waals surface area contributed by atoms with E-state index in [0.29, 0.717) is 5.56 Å². The molecule has 4 heteroatoms.